The molecule has 1 rings (SSSR count). The van der Waals surface area contributed by atoms with Crippen molar-refractivity contribution in [2.45, 2.75) is 6.42 Å². The highest BCUT2D eigenvalue weighted by Crippen LogP contribution is 2.11. The Morgan fingerprint density at radius 2 is 2.10 bits per heavy atom. The molecule has 0 radical (unpaired) electrons. The Balaban J connectivity index is 2.59. The first-order valence-electron chi connectivity index (χ1n) is 6.32. The van der Waals surface area contributed by atoms with Crippen molar-refractivity contribution in [3.63, 3.8) is 0 Å². The Kier molecular flexibility index (Phi) is 7.52. The van der Waals surface area contributed by atoms with E-state index in [1.807, 2.05) is 0 Å². The minimum atomic E-state index is -0.565. The molecule has 1 heterocycles. The van der Waals surface area contributed by atoms with Gasteiger partial charge >= 0.3 is 6.03 Å². The van der Waals surface area contributed by atoms with Crippen LogP contribution in [0.3, 0.4) is 0 Å². The molecule has 0 fully saturated rings. The van der Waals surface area contributed by atoms with E-state index in [0.717, 1.165) is 6.20 Å². The van der Waals surface area contributed by atoms with Crippen LogP contribution in [0.25, 0.3) is 0 Å². The molecule has 1 N–H and O–H groups in total. The predicted octanol–water partition coefficient (Wildman–Crippen LogP) is 1.74. The topological polar surface area (TPSA) is 63.7 Å². The lowest BCUT2D eigenvalue weighted by molar-refractivity contribution is 0.143. The Morgan fingerprint density at radius 1 is 1.35 bits per heavy atom. The molecule has 0 spiro atoms. The Bertz CT molecular complexity index is 418. The molecule has 2 amide bonds. The average molecular weight is 285 g/mol. The van der Waals surface area contributed by atoms with Crippen molar-refractivity contribution in [1.29, 1.82) is 0 Å². The van der Waals surface area contributed by atoms with Gasteiger partial charge in [0, 0.05) is 40.1 Å². The van der Waals surface area contributed by atoms with Gasteiger partial charge in [-0.3, -0.25) is 4.98 Å². The molecular formula is C13H20FN3O3. The first-order chi connectivity index (χ1) is 9.69. The summed E-state index contributed by atoms with van der Waals surface area (Å²) in [5.41, 5.74) is 0.110. The van der Waals surface area contributed by atoms with Crippen molar-refractivity contribution < 1.29 is 18.7 Å². The molecule has 0 aromatic carbocycles. The van der Waals surface area contributed by atoms with Gasteiger partial charge in [-0.1, -0.05) is 0 Å². The van der Waals surface area contributed by atoms with Crippen LogP contribution in [0, 0.1) is 5.82 Å². The van der Waals surface area contributed by atoms with Gasteiger partial charge in [0.25, 0.3) is 0 Å². The smallest absolute Gasteiger partial charge is 0.322 e. The number of carbonyl (C=O) groups excluding carboxylic acids is 1. The molecule has 0 aliphatic carbocycles. The fraction of sp³-hybridized carbons (Fsp3) is 0.538. The fourth-order valence-corrected chi connectivity index (χ4v) is 1.59. The summed E-state index contributed by atoms with van der Waals surface area (Å²) in [7, 11) is 3.17. The summed E-state index contributed by atoms with van der Waals surface area (Å²) in [6, 6.07) is 1.04. The zero-order chi connectivity index (χ0) is 14.8. The molecule has 0 saturated carbocycles. The summed E-state index contributed by atoms with van der Waals surface area (Å²) in [4.78, 5) is 17.3. The molecule has 0 bridgehead atoms. The van der Waals surface area contributed by atoms with Gasteiger partial charge in [-0.05, 0) is 12.5 Å². The second-order valence-corrected chi connectivity index (χ2v) is 4.11. The van der Waals surface area contributed by atoms with E-state index >= 15 is 0 Å². The first-order valence-corrected chi connectivity index (χ1v) is 6.32. The second-order valence-electron chi connectivity index (χ2n) is 4.11. The normalized spacial score (nSPS) is 10.3. The lowest BCUT2D eigenvalue weighted by Crippen LogP contribution is -2.38. The number of rotatable bonds is 8. The van der Waals surface area contributed by atoms with Crippen LogP contribution >= 0.6 is 0 Å². The van der Waals surface area contributed by atoms with Crippen molar-refractivity contribution in [1.82, 2.24) is 9.88 Å². The molecular weight excluding hydrogens is 265 g/mol. The van der Waals surface area contributed by atoms with Crippen molar-refractivity contribution in [2.24, 2.45) is 0 Å². The minimum absolute atomic E-state index is 0.110. The van der Waals surface area contributed by atoms with Gasteiger partial charge in [0.05, 0.1) is 18.5 Å². The largest absolute Gasteiger partial charge is 0.385 e. The van der Waals surface area contributed by atoms with E-state index in [9.17, 15) is 9.18 Å². The summed E-state index contributed by atoms with van der Waals surface area (Å²) >= 11 is 0. The predicted molar refractivity (Wildman–Crippen MR) is 73.2 cm³/mol. The number of anilines is 1. The molecule has 1 aromatic rings. The summed E-state index contributed by atoms with van der Waals surface area (Å²) in [5, 5.41) is 2.52. The lowest BCUT2D eigenvalue weighted by Gasteiger charge is -2.22. The molecule has 7 heteroatoms. The second kappa shape index (κ2) is 9.22. The molecule has 20 heavy (non-hydrogen) atoms. The number of amides is 2. The Hall–Kier alpha value is -1.73. The number of hydrogen-bond acceptors (Lipinski definition) is 4. The highest BCUT2D eigenvalue weighted by Gasteiger charge is 2.14. The van der Waals surface area contributed by atoms with Crippen LogP contribution in [0.1, 0.15) is 6.42 Å². The third kappa shape index (κ3) is 5.50. The Morgan fingerprint density at radius 3 is 2.75 bits per heavy atom. The van der Waals surface area contributed by atoms with E-state index in [0.29, 0.717) is 32.7 Å². The zero-order valence-corrected chi connectivity index (χ0v) is 11.8. The van der Waals surface area contributed by atoms with Crippen LogP contribution in [-0.2, 0) is 9.47 Å². The standard InChI is InChI=1S/C13H20FN3O3/c1-19-8-3-6-17(7-9-20-2)13(18)16-12-4-5-15-10-11(12)14/h4-5,10H,3,6-9H2,1-2H3,(H,15,16,18). The highest BCUT2D eigenvalue weighted by molar-refractivity contribution is 5.89. The molecule has 0 aliphatic rings. The number of halogens is 1. The summed E-state index contributed by atoms with van der Waals surface area (Å²) in [6.07, 6.45) is 3.18. The van der Waals surface area contributed by atoms with Gasteiger partial charge in [0.1, 0.15) is 0 Å². The SMILES string of the molecule is COCCCN(CCOC)C(=O)Nc1ccncc1F. The number of aromatic nitrogens is 1. The van der Waals surface area contributed by atoms with Gasteiger partial charge in [-0.25, -0.2) is 9.18 Å². The van der Waals surface area contributed by atoms with E-state index < -0.39 is 5.82 Å². The van der Waals surface area contributed by atoms with Crippen molar-refractivity contribution >= 4 is 11.7 Å². The van der Waals surface area contributed by atoms with Crippen molar-refractivity contribution in [3.8, 4) is 0 Å². The Labute approximate surface area is 117 Å². The van der Waals surface area contributed by atoms with Crippen molar-refractivity contribution in [3.05, 3.63) is 24.3 Å². The van der Waals surface area contributed by atoms with Crippen LogP contribution in [0.5, 0.6) is 0 Å². The third-order valence-corrected chi connectivity index (χ3v) is 2.64. The number of nitrogens with one attached hydrogen (secondary N) is 1. The maximum Gasteiger partial charge on any atom is 0.322 e. The average Bonchev–Trinajstić information content (AvgIpc) is 2.45. The van der Waals surface area contributed by atoms with Crippen LogP contribution in [0.15, 0.2) is 18.5 Å². The summed E-state index contributed by atoms with van der Waals surface area (Å²) < 4.78 is 23.4. The third-order valence-electron chi connectivity index (χ3n) is 2.64. The molecule has 112 valence electrons. The van der Waals surface area contributed by atoms with E-state index in [1.54, 1.807) is 19.1 Å². The quantitative estimate of drug-likeness (QED) is 0.739. The number of hydrogen-bond donors (Lipinski definition) is 1. The van der Waals surface area contributed by atoms with Gasteiger partial charge in [-0.2, -0.15) is 0 Å². The van der Waals surface area contributed by atoms with Gasteiger partial charge in [-0.15, -0.1) is 0 Å². The highest BCUT2D eigenvalue weighted by atomic mass is 19.1. The molecule has 6 nitrogen and oxygen atoms in total. The number of methoxy groups -OCH3 is 2. The van der Waals surface area contributed by atoms with Gasteiger partial charge in [0.2, 0.25) is 0 Å². The van der Waals surface area contributed by atoms with Gasteiger partial charge in [0.15, 0.2) is 5.82 Å². The van der Waals surface area contributed by atoms with E-state index in [-0.39, 0.29) is 11.7 Å². The lowest BCUT2D eigenvalue weighted by atomic mass is 10.3. The number of pyridine rings is 1. The number of urea groups is 1. The molecule has 0 unspecified atom stereocenters. The van der Waals surface area contributed by atoms with Crippen LogP contribution in [0.2, 0.25) is 0 Å². The number of carbonyl (C=O) groups is 1. The maximum atomic E-state index is 13.4. The number of ether oxygens (including phenoxy) is 2. The molecule has 0 atom stereocenters. The molecule has 0 aliphatic heterocycles. The molecule has 0 saturated heterocycles. The van der Waals surface area contributed by atoms with E-state index in [4.69, 9.17) is 9.47 Å². The van der Waals surface area contributed by atoms with Crippen molar-refractivity contribution in [2.75, 3.05) is 45.8 Å². The minimum Gasteiger partial charge on any atom is -0.385 e. The van der Waals surface area contributed by atoms with Gasteiger partial charge < -0.3 is 19.7 Å². The maximum absolute atomic E-state index is 13.4. The van der Waals surface area contributed by atoms with E-state index in [1.165, 1.54) is 12.3 Å². The summed E-state index contributed by atoms with van der Waals surface area (Å²) in [6.45, 7) is 1.91. The first kappa shape index (κ1) is 16.3. The monoisotopic (exact) mass is 285 g/mol. The van der Waals surface area contributed by atoms with Crippen LogP contribution in [-0.4, -0.2) is 56.4 Å². The number of nitrogens with zero attached hydrogens (tertiary/aromatic N) is 2. The van der Waals surface area contributed by atoms with Crippen LogP contribution < -0.4 is 5.32 Å². The zero-order valence-electron chi connectivity index (χ0n) is 11.8. The van der Waals surface area contributed by atoms with Crippen LogP contribution in [0.4, 0.5) is 14.9 Å². The fourth-order valence-electron chi connectivity index (χ4n) is 1.59. The molecule has 1 aromatic heterocycles. The summed E-state index contributed by atoms with van der Waals surface area (Å²) in [5.74, 6) is -0.565. The van der Waals surface area contributed by atoms with E-state index in [2.05, 4.69) is 10.3 Å².